The second kappa shape index (κ2) is 7.64. The summed E-state index contributed by atoms with van der Waals surface area (Å²) < 4.78 is 29.2. The minimum atomic E-state index is -1.12. The molecule has 0 radical (unpaired) electrons. The van der Waals surface area contributed by atoms with E-state index in [-0.39, 0.29) is 41.0 Å². The molecule has 0 bridgehead atoms. The summed E-state index contributed by atoms with van der Waals surface area (Å²) in [6.45, 7) is 3.12. The van der Waals surface area contributed by atoms with E-state index in [0.29, 0.717) is 10.9 Å². The van der Waals surface area contributed by atoms with Crippen LogP contribution >= 0.6 is 0 Å². The van der Waals surface area contributed by atoms with Crippen LogP contribution in [0.1, 0.15) is 35.8 Å². The van der Waals surface area contributed by atoms with Crippen LogP contribution in [0.4, 0.5) is 14.6 Å². The molecule has 3 aromatic rings. The van der Waals surface area contributed by atoms with Crippen molar-refractivity contribution in [2.45, 2.75) is 32.9 Å². The van der Waals surface area contributed by atoms with Crippen molar-refractivity contribution in [3.63, 3.8) is 0 Å². The zero-order valence-electron chi connectivity index (χ0n) is 17.2. The summed E-state index contributed by atoms with van der Waals surface area (Å²) >= 11 is 0. The van der Waals surface area contributed by atoms with Gasteiger partial charge in [-0.1, -0.05) is 6.92 Å². The lowest BCUT2D eigenvalue weighted by Crippen LogP contribution is -2.21. The number of amides is 1. The lowest BCUT2D eigenvalue weighted by atomic mass is 10.0. The van der Waals surface area contributed by atoms with E-state index in [4.69, 9.17) is 0 Å². The van der Waals surface area contributed by atoms with Gasteiger partial charge in [0, 0.05) is 48.4 Å². The number of alkyl halides is 1. The van der Waals surface area contributed by atoms with Gasteiger partial charge in [0.2, 0.25) is 5.91 Å². The fraction of sp³-hybridized carbons (Fsp3) is 0.318. The van der Waals surface area contributed by atoms with Crippen LogP contribution in [0.3, 0.4) is 0 Å². The molecule has 0 aromatic carbocycles. The number of halogens is 2. The van der Waals surface area contributed by atoms with Crippen LogP contribution in [0.15, 0.2) is 29.3 Å². The number of fused-ring (bicyclic) bond motifs is 1. The zero-order valence-corrected chi connectivity index (χ0v) is 17.2. The highest BCUT2D eigenvalue weighted by molar-refractivity contribution is 5.96. The van der Waals surface area contributed by atoms with E-state index in [1.165, 1.54) is 30.0 Å². The molecule has 31 heavy (non-hydrogen) atoms. The van der Waals surface area contributed by atoms with Crippen molar-refractivity contribution in [1.82, 2.24) is 14.5 Å². The lowest BCUT2D eigenvalue weighted by Gasteiger charge is -2.13. The molecule has 3 aromatic heterocycles. The molecule has 1 aliphatic carbocycles. The topological polar surface area (TPSA) is 93.9 Å². The Morgan fingerprint density at radius 1 is 1.23 bits per heavy atom. The number of carbonyl (C=O) groups is 2. The number of rotatable bonds is 5. The minimum absolute atomic E-state index is 0.123. The van der Waals surface area contributed by atoms with Crippen molar-refractivity contribution in [2.24, 2.45) is 13.0 Å². The minimum Gasteiger partial charge on any atom is -0.311 e. The van der Waals surface area contributed by atoms with Crippen LogP contribution in [-0.2, 0) is 11.8 Å². The van der Waals surface area contributed by atoms with Crippen molar-refractivity contribution in [3.8, 4) is 11.1 Å². The fourth-order valence-corrected chi connectivity index (χ4v) is 3.49. The summed E-state index contributed by atoms with van der Waals surface area (Å²) in [5.41, 5.74) is 0.509. The van der Waals surface area contributed by atoms with Gasteiger partial charge in [-0.25, -0.2) is 18.7 Å². The summed E-state index contributed by atoms with van der Waals surface area (Å²) in [6.07, 6.45) is 2.01. The molecule has 0 saturated heterocycles. The third-order valence-corrected chi connectivity index (χ3v) is 5.55. The Labute approximate surface area is 176 Å². The molecule has 0 aliphatic heterocycles. The van der Waals surface area contributed by atoms with Gasteiger partial charge in [-0.15, -0.1) is 0 Å². The number of ketones is 1. The van der Waals surface area contributed by atoms with Crippen molar-refractivity contribution in [3.05, 3.63) is 52.0 Å². The Morgan fingerprint density at radius 2 is 1.94 bits per heavy atom. The van der Waals surface area contributed by atoms with E-state index in [1.807, 2.05) is 0 Å². The summed E-state index contributed by atoms with van der Waals surface area (Å²) in [5, 5.41) is 3.14. The SMILES string of the molecule is CCC(=O)c1ncc(-c2cc3cnc(NC(=O)[C@H]4C[C@H]4F)cc3n(C)c2=O)c(C)c1F. The molecule has 7 nitrogen and oxygen atoms in total. The number of aromatic nitrogens is 3. The summed E-state index contributed by atoms with van der Waals surface area (Å²) in [5.74, 6) is -2.04. The van der Waals surface area contributed by atoms with E-state index in [1.54, 1.807) is 20.0 Å². The second-order valence-corrected chi connectivity index (χ2v) is 7.63. The number of pyridine rings is 3. The van der Waals surface area contributed by atoms with Gasteiger partial charge in [-0.05, 0) is 25.0 Å². The molecular formula is C22H20F2N4O3. The van der Waals surface area contributed by atoms with E-state index in [2.05, 4.69) is 15.3 Å². The number of anilines is 1. The first-order chi connectivity index (χ1) is 14.7. The first-order valence-corrected chi connectivity index (χ1v) is 9.86. The molecule has 1 saturated carbocycles. The molecule has 0 unspecified atom stereocenters. The predicted octanol–water partition coefficient (Wildman–Crippen LogP) is 3.33. The molecule has 2 atom stereocenters. The molecule has 1 N–H and O–H groups in total. The smallest absolute Gasteiger partial charge is 0.258 e. The van der Waals surface area contributed by atoms with Gasteiger partial charge in [0.15, 0.2) is 11.6 Å². The summed E-state index contributed by atoms with van der Waals surface area (Å²) in [4.78, 5) is 45.0. The van der Waals surface area contributed by atoms with E-state index < -0.39 is 35.2 Å². The molecule has 160 valence electrons. The van der Waals surface area contributed by atoms with Crippen molar-refractivity contribution >= 4 is 28.4 Å². The van der Waals surface area contributed by atoms with Crippen molar-refractivity contribution in [2.75, 3.05) is 5.32 Å². The van der Waals surface area contributed by atoms with Gasteiger partial charge in [0.05, 0.1) is 11.4 Å². The molecule has 1 fully saturated rings. The largest absolute Gasteiger partial charge is 0.311 e. The fourth-order valence-electron chi connectivity index (χ4n) is 3.49. The van der Waals surface area contributed by atoms with Crippen molar-refractivity contribution in [1.29, 1.82) is 0 Å². The van der Waals surface area contributed by atoms with Gasteiger partial charge >= 0.3 is 0 Å². The highest BCUT2D eigenvalue weighted by atomic mass is 19.1. The van der Waals surface area contributed by atoms with Gasteiger partial charge in [-0.3, -0.25) is 14.4 Å². The average molecular weight is 426 g/mol. The van der Waals surface area contributed by atoms with E-state index in [0.717, 1.165) is 0 Å². The maximum Gasteiger partial charge on any atom is 0.258 e. The number of carbonyl (C=O) groups excluding carboxylic acids is 2. The Balaban J connectivity index is 1.77. The van der Waals surface area contributed by atoms with Gasteiger partial charge in [0.1, 0.15) is 17.7 Å². The summed E-state index contributed by atoms with van der Waals surface area (Å²) in [7, 11) is 1.55. The maximum absolute atomic E-state index is 14.7. The Morgan fingerprint density at radius 3 is 2.58 bits per heavy atom. The van der Waals surface area contributed by atoms with E-state index >= 15 is 0 Å². The van der Waals surface area contributed by atoms with Crippen LogP contribution in [0.2, 0.25) is 0 Å². The van der Waals surface area contributed by atoms with Crippen LogP contribution in [0.25, 0.3) is 22.0 Å². The van der Waals surface area contributed by atoms with E-state index in [9.17, 15) is 23.2 Å². The molecule has 4 rings (SSSR count). The first kappa shape index (κ1) is 20.8. The monoisotopic (exact) mass is 426 g/mol. The van der Waals surface area contributed by atoms with Crippen LogP contribution in [0.5, 0.6) is 0 Å². The standard InChI is InChI=1S/C22H20F2N4O3/c1-4-17(29)20-19(24)10(2)14(9-26-20)12-5-11-8-25-18(7-16(11)28(3)22(12)31)27-21(30)13-6-15(13)23/h5,7-9,13,15H,4,6H2,1-3H3,(H,25,27,30)/t13-,15+/m0/s1. The number of Topliss-reactive ketones (excluding diaryl/α,β-unsaturated/α-hetero) is 1. The Kier molecular flexibility index (Phi) is 5.12. The average Bonchev–Trinajstić information content (AvgIpc) is 3.49. The lowest BCUT2D eigenvalue weighted by molar-refractivity contribution is -0.117. The second-order valence-electron chi connectivity index (χ2n) is 7.63. The number of nitrogens with zero attached hydrogens (tertiary/aromatic N) is 3. The highest BCUT2D eigenvalue weighted by Gasteiger charge is 2.43. The van der Waals surface area contributed by atoms with Crippen LogP contribution in [0, 0.1) is 18.7 Å². The maximum atomic E-state index is 14.7. The molecule has 1 amide bonds. The van der Waals surface area contributed by atoms with Crippen molar-refractivity contribution < 1.29 is 18.4 Å². The quantitative estimate of drug-likeness (QED) is 0.632. The number of aryl methyl sites for hydroxylation is 1. The molecule has 9 heteroatoms. The zero-order chi connectivity index (χ0) is 22.4. The third kappa shape index (κ3) is 3.60. The normalized spacial score (nSPS) is 17.6. The Bertz CT molecular complexity index is 1300. The summed E-state index contributed by atoms with van der Waals surface area (Å²) in [6, 6.07) is 3.10. The Hall–Kier alpha value is -3.49. The highest BCUT2D eigenvalue weighted by Crippen LogP contribution is 2.34. The van der Waals surface area contributed by atoms with Gasteiger partial charge in [-0.2, -0.15) is 0 Å². The molecule has 1 aliphatic rings. The van der Waals surface area contributed by atoms with Crippen LogP contribution < -0.4 is 10.9 Å². The number of nitrogens with one attached hydrogen (secondary N) is 1. The van der Waals surface area contributed by atoms with Gasteiger partial charge < -0.3 is 9.88 Å². The third-order valence-electron chi connectivity index (χ3n) is 5.55. The number of hydrogen-bond acceptors (Lipinski definition) is 5. The first-order valence-electron chi connectivity index (χ1n) is 9.86. The molecular weight excluding hydrogens is 406 g/mol. The molecule has 0 spiro atoms. The predicted molar refractivity (Wildman–Crippen MR) is 111 cm³/mol. The van der Waals surface area contributed by atoms with Crippen LogP contribution in [-0.4, -0.2) is 32.4 Å². The molecule has 3 heterocycles. The van der Waals surface area contributed by atoms with Gasteiger partial charge in [0.25, 0.3) is 5.56 Å². The number of hydrogen-bond donors (Lipinski definition) is 1.